The lowest BCUT2D eigenvalue weighted by atomic mass is 10.1. The van der Waals surface area contributed by atoms with Crippen LogP contribution in [0.15, 0.2) is 29.2 Å². The maximum Gasteiger partial charge on any atom is 0.305 e. The van der Waals surface area contributed by atoms with E-state index in [1.807, 2.05) is 0 Å². The quantitative estimate of drug-likeness (QED) is 0.484. The van der Waals surface area contributed by atoms with E-state index < -0.39 is 10.0 Å². The fourth-order valence-electron chi connectivity index (χ4n) is 3.01. The van der Waals surface area contributed by atoms with Gasteiger partial charge >= 0.3 is 5.97 Å². The van der Waals surface area contributed by atoms with Crippen molar-refractivity contribution in [1.29, 1.82) is 0 Å². The van der Waals surface area contributed by atoms with Crippen LogP contribution in [0.5, 0.6) is 0 Å². The Morgan fingerprint density at radius 2 is 1.67 bits per heavy atom. The zero-order valence-electron chi connectivity index (χ0n) is 15.8. The molecule has 0 spiro atoms. The topological polar surface area (TPSA) is 92.8 Å². The first kappa shape index (κ1) is 21.4. The number of amides is 1. The number of sulfonamides is 1. The normalized spacial score (nSPS) is 14.9. The van der Waals surface area contributed by atoms with Crippen LogP contribution in [0, 0.1) is 0 Å². The van der Waals surface area contributed by atoms with Gasteiger partial charge in [0.15, 0.2) is 0 Å². The Morgan fingerprint density at radius 1 is 1.04 bits per heavy atom. The summed E-state index contributed by atoms with van der Waals surface area (Å²) in [6.07, 6.45) is 5.65. The number of carbonyl (C=O) groups is 2. The van der Waals surface area contributed by atoms with Gasteiger partial charge in [-0.3, -0.25) is 9.59 Å². The summed E-state index contributed by atoms with van der Waals surface area (Å²) in [5.41, 5.74) is 0.445. The summed E-state index contributed by atoms with van der Waals surface area (Å²) in [5.74, 6) is -0.409. The Hall–Kier alpha value is -1.93. The molecule has 1 heterocycles. The second kappa shape index (κ2) is 10.4. The van der Waals surface area contributed by atoms with Gasteiger partial charge in [0.1, 0.15) is 0 Å². The van der Waals surface area contributed by atoms with Crippen LogP contribution in [0.4, 0.5) is 0 Å². The van der Waals surface area contributed by atoms with E-state index in [2.05, 4.69) is 10.1 Å². The molecule has 1 saturated heterocycles. The lowest BCUT2D eigenvalue weighted by Gasteiger charge is -2.15. The molecule has 0 unspecified atom stereocenters. The van der Waals surface area contributed by atoms with Crippen LogP contribution in [0.25, 0.3) is 0 Å². The molecule has 0 aromatic heterocycles. The fourth-order valence-corrected chi connectivity index (χ4v) is 4.53. The molecule has 0 saturated carbocycles. The standard InChI is InChI=1S/C19H28N2O5S/c1-26-18(22)8-4-2-3-5-13-20-19(23)16-9-11-17(12-10-16)27(24,25)21-14-6-7-15-21/h9-12H,2-8,13-15H2,1H3,(H,20,23). The van der Waals surface area contributed by atoms with Crippen LogP contribution in [-0.4, -0.2) is 51.3 Å². The number of nitrogens with one attached hydrogen (secondary N) is 1. The number of hydrogen-bond donors (Lipinski definition) is 1. The SMILES string of the molecule is COC(=O)CCCCCCNC(=O)c1ccc(S(=O)(=O)N2CCCC2)cc1. The molecule has 0 atom stereocenters. The molecule has 0 radical (unpaired) electrons. The largest absolute Gasteiger partial charge is 0.469 e. The molecular weight excluding hydrogens is 368 g/mol. The van der Waals surface area contributed by atoms with Gasteiger partial charge < -0.3 is 10.1 Å². The molecule has 1 fully saturated rings. The zero-order chi connectivity index (χ0) is 19.7. The van der Waals surface area contributed by atoms with Gasteiger partial charge in [0, 0.05) is 31.6 Å². The molecule has 1 amide bonds. The van der Waals surface area contributed by atoms with Crippen LogP contribution in [0.2, 0.25) is 0 Å². The van der Waals surface area contributed by atoms with Crippen molar-refractivity contribution < 1.29 is 22.7 Å². The second-order valence-corrected chi connectivity index (χ2v) is 8.57. The Kier molecular flexibility index (Phi) is 8.24. The molecule has 27 heavy (non-hydrogen) atoms. The van der Waals surface area contributed by atoms with Gasteiger partial charge in [0.25, 0.3) is 5.91 Å². The Labute approximate surface area is 161 Å². The van der Waals surface area contributed by atoms with Gasteiger partial charge in [-0.1, -0.05) is 12.8 Å². The van der Waals surface area contributed by atoms with E-state index in [1.54, 1.807) is 12.1 Å². The first-order valence-corrected chi connectivity index (χ1v) is 10.8. The van der Waals surface area contributed by atoms with E-state index in [0.29, 0.717) is 31.6 Å². The van der Waals surface area contributed by atoms with E-state index in [1.165, 1.54) is 23.5 Å². The van der Waals surface area contributed by atoms with Crippen molar-refractivity contribution in [3.63, 3.8) is 0 Å². The monoisotopic (exact) mass is 396 g/mol. The predicted octanol–water partition coefficient (Wildman–Crippen LogP) is 2.32. The van der Waals surface area contributed by atoms with E-state index in [-0.39, 0.29) is 16.8 Å². The molecule has 1 aliphatic rings. The van der Waals surface area contributed by atoms with Crippen LogP contribution in [-0.2, 0) is 19.6 Å². The third kappa shape index (κ3) is 6.32. The number of unbranched alkanes of at least 4 members (excludes halogenated alkanes) is 3. The van der Waals surface area contributed by atoms with Crippen LogP contribution >= 0.6 is 0 Å². The maximum absolute atomic E-state index is 12.5. The van der Waals surface area contributed by atoms with E-state index in [0.717, 1.165) is 38.5 Å². The van der Waals surface area contributed by atoms with Gasteiger partial charge in [-0.15, -0.1) is 0 Å². The first-order valence-electron chi connectivity index (χ1n) is 9.40. The van der Waals surface area contributed by atoms with Crippen molar-refractivity contribution in [2.24, 2.45) is 0 Å². The minimum absolute atomic E-state index is 0.196. The number of hydrogen-bond acceptors (Lipinski definition) is 5. The number of ether oxygens (including phenoxy) is 1. The van der Waals surface area contributed by atoms with Gasteiger partial charge in [-0.05, 0) is 49.9 Å². The second-order valence-electron chi connectivity index (χ2n) is 6.63. The third-order valence-corrected chi connectivity index (χ3v) is 6.55. The van der Waals surface area contributed by atoms with Crippen LogP contribution in [0.3, 0.4) is 0 Å². The summed E-state index contributed by atoms with van der Waals surface area (Å²) in [5, 5.41) is 2.83. The summed E-state index contributed by atoms with van der Waals surface area (Å²) in [7, 11) is -2.07. The third-order valence-electron chi connectivity index (χ3n) is 4.64. The maximum atomic E-state index is 12.5. The summed E-state index contributed by atoms with van der Waals surface area (Å²) >= 11 is 0. The van der Waals surface area contributed by atoms with Crippen molar-refractivity contribution in [3.05, 3.63) is 29.8 Å². The number of rotatable bonds is 10. The number of methoxy groups -OCH3 is 1. The fraction of sp³-hybridized carbons (Fsp3) is 0.579. The van der Waals surface area contributed by atoms with Crippen molar-refractivity contribution in [2.75, 3.05) is 26.7 Å². The molecule has 0 aliphatic carbocycles. The molecule has 1 aliphatic heterocycles. The summed E-state index contributed by atoms with van der Waals surface area (Å²) in [6, 6.07) is 6.09. The van der Waals surface area contributed by atoms with Crippen molar-refractivity contribution in [1.82, 2.24) is 9.62 Å². The molecule has 0 bridgehead atoms. The summed E-state index contributed by atoms with van der Waals surface area (Å²) in [6.45, 7) is 1.67. The molecule has 1 aromatic rings. The number of esters is 1. The van der Waals surface area contributed by atoms with Gasteiger partial charge in [0.2, 0.25) is 10.0 Å². The van der Waals surface area contributed by atoms with Crippen molar-refractivity contribution in [3.8, 4) is 0 Å². The molecular formula is C19H28N2O5S. The smallest absolute Gasteiger partial charge is 0.305 e. The predicted molar refractivity (Wildman–Crippen MR) is 102 cm³/mol. The van der Waals surface area contributed by atoms with Crippen LogP contribution < -0.4 is 5.32 Å². The minimum Gasteiger partial charge on any atom is -0.469 e. The molecule has 8 heteroatoms. The summed E-state index contributed by atoms with van der Waals surface area (Å²) < 4.78 is 31.0. The highest BCUT2D eigenvalue weighted by Gasteiger charge is 2.27. The molecule has 7 nitrogen and oxygen atoms in total. The molecule has 150 valence electrons. The number of benzene rings is 1. The van der Waals surface area contributed by atoms with Gasteiger partial charge in [0.05, 0.1) is 12.0 Å². The van der Waals surface area contributed by atoms with Crippen molar-refractivity contribution in [2.45, 2.75) is 49.8 Å². The first-order chi connectivity index (χ1) is 12.9. The average molecular weight is 397 g/mol. The lowest BCUT2D eigenvalue weighted by molar-refractivity contribution is -0.140. The molecule has 1 N–H and O–H groups in total. The Morgan fingerprint density at radius 3 is 2.30 bits per heavy atom. The lowest BCUT2D eigenvalue weighted by Crippen LogP contribution is -2.28. The zero-order valence-corrected chi connectivity index (χ0v) is 16.6. The highest BCUT2D eigenvalue weighted by atomic mass is 32.2. The highest BCUT2D eigenvalue weighted by Crippen LogP contribution is 2.21. The minimum atomic E-state index is -3.45. The van der Waals surface area contributed by atoms with E-state index in [4.69, 9.17) is 0 Å². The summed E-state index contributed by atoms with van der Waals surface area (Å²) in [4.78, 5) is 23.4. The average Bonchev–Trinajstić information content (AvgIpc) is 3.22. The van der Waals surface area contributed by atoms with Crippen LogP contribution in [0.1, 0.15) is 55.3 Å². The highest BCUT2D eigenvalue weighted by molar-refractivity contribution is 7.89. The number of carbonyl (C=O) groups excluding carboxylic acids is 2. The molecule has 1 aromatic carbocycles. The van der Waals surface area contributed by atoms with E-state index in [9.17, 15) is 18.0 Å². The van der Waals surface area contributed by atoms with Gasteiger partial charge in [-0.2, -0.15) is 4.31 Å². The van der Waals surface area contributed by atoms with Crippen molar-refractivity contribution >= 4 is 21.9 Å². The number of nitrogens with zero attached hydrogens (tertiary/aromatic N) is 1. The van der Waals surface area contributed by atoms with E-state index >= 15 is 0 Å². The molecule has 2 rings (SSSR count). The van der Waals surface area contributed by atoms with Gasteiger partial charge in [-0.25, -0.2) is 8.42 Å². The Balaban J connectivity index is 1.73. The Bertz CT molecular complexity index is 725.